The fraction of sp³-hybridized carbons (Fsp3) is 0.750. The van der Waals surface area contributed by atoms with Crippen LogP contribution in [0.3, 0.4) is 0 Å². The molecule has 14 heavy (non-hydrogen) atoms. The first-order valence-electron chi connectivity index (χ1n) is 5.25. The lowest BCUT2D eigenvalue weighted by Gasteiger charge is -2.27. The van der Waals surface area contributed by atoms with Gasteiger partial charge in [-0.05, 0) is 31.6 Å². The maximum Gasteiger partial charge on any atom is 0.312 e. The first-order chi connectivity index (χ1) is 6.50. The highest BCUT2D eigenvalue weighted by Crippen LogP contribution is 2.46. The van der Waals surface area contributed by atoms with Crippen LogP contribution in [-0.2, 0) is 9.53 Å². The van der Waals surface area contributed by atoms with Crippen molar-refractivity contribution in [2.24, 2.45) is 11.3 Å². The second kappa shape index (κ2) is 4.16. The molecule has 1 rings (SSSR count). The number of carbonyl (C=O) groups is 1. The van der Waals surface area contributed by atoms with Crippen LogP contribution in [0.4, 0.5) is 0 Å². The van der Waals surface area contributed by atoms with E-state index in [9.17, 15) is 4.79 Å². The summed E-state index contributed by atoms with van der Waals surface area (Å²) in [6.07, 6.45) is 3.62. The minimum Gasteiger partial charge on any atom is -0.469 e. The van der Waals surface area contributed by atoms with Gasteiger partial charge in [0, 0.05) is 0 Å². The number of hydrogen-bond donors (Lipinski definition) is 0. The van der Waals surface area contributed by atoms with Crippen LogP contribution in [0, 0.1) is 11.3 Å². The molecule has 0 aromatic carbocycles. The van der Waals surface area contributed by atoms with Gasteiger partial charge < -0.3 is 4.74 Å². The Bertz CT molecular complexity index is 243. The molecule has 1 aliphatic rings. The van der Waals surface area contributed by atoms with Crippen LogP contribution in [0.25, 0.3) is 0 Å². The Morgan fingerprint density at radius 1 is 1.64 bits per heavy atom. The third-order valence-electron chi connectivity index (χ3n) is 2.96. The zero-order valence-electron chi connectivity index (χ0n) is 9.43. The topological polar surface area (TPSA) is 26.3 Å². The number of rotatable bonds is 3. The molecule has 0 heterocycles. The van der Waals surface area contributed by atoms with Crippen molar-refractivity contribution in [2.45, 2.75) is 39.5 Å². The van der Waals surface area contributed by atoms with E-state index in [1.165, 1.54) is 12.7 Å². The molecule has 0 N–H and O–H groups in total. The highest BCUT2D eigenvalue weighted by Gasteiger charge is 2.43. The van der Waals surface area contributed by atoms with Gasteiger partial charge in [0.1, 0.15) is 0 Å². The molecule has 0 spiro atoms. The summed E-state index contributed by atoms with van der Waals surface area (Å²) < 4.78 is 4.91. The molecule has 0 bridgehead atoms. The van der Waals surface area contributed by atoms with Crippen molar-refractivity contribution in [3.05, 3.63) is 12.2 Å². The van der Waals surface area contributed by atoms with E-state index in [1.54, 1.807) is 0 Å². The van der Waals surface area contributed by atoms with Gasteiger partial charge in [-0.3, -0.25) is 4.79 Å². The number of methoxy groups -OCH3 is 1. The minimum atomic E-state index is -0.264. The Hall–Kier alpha value is -0.790. The molecule has 2 nitrogen and oxygen atoms in total. The van der Waals surface area contributed by atoms with E-state index in [1.807, 2.05) is 0 Å². The van der Waals surface area contributed by atoms with Gasteiger partial charge in [0.25, 0.3) is 0 Å². The van der Waals surface area contributed by atoms with Gasteiger partial charge in [-0.15, -0.1) is 0 Å². The van der Waals surface area contributed by atoms with Crippen LogP contribution in [0.15, 0.2) is 12.2 Å². The van der Waals surface area contributed by atoms with Crippen molar-refractivity contribution in [3.63, 3.8) is 0 Å². The largest absolute Gasteiger partial charge is 0.469 e. The predicted molar refractivity (Wildman–Crippen MR) is 56.9 cm³/mol. The summed E-state index contributed by atoms with van der Waals surface area (Å²) >= 11 is 0. The molecule has 0 aromatic heterocycles. The van der Waals surface area contributed by atoms with Crippen LogP contribution in [-0.4, -0.2) is 13.1 Å². The molecule has 0 aromatic rings. The lowest BCUT2D eigenvalue weighted by molar-refractivity contribution is -0.153. The lowest BCUT2D eigenvalue weighted by Crippen LogP contribution is -2.30. The van der Waals surface area contributed by atoms with E-state index >= 15 is 0 Å². The van der Waals surface area contributed by atoms with Crippen LogP contribution >= 0.6 is 0 Å². The van der Waals surface area contributed by atoms with Crippen molar-refractivity contribution in [2.75, 3.05) is 7.11 Å². The summed E-state index contributed by atoms with van der Waals surface area (Å²) in [7, 11) is 1.48. The first kappa shape index (κ1) is 11.3. The van der Waals surface area contributed by atoms with E-state index < -0.39 is 0 Å². The molecule has 0 radical (unpaired) electrons. The summed E-state index contributed by atoms with van der Waals surface area (Å²) in [6.45, 7) is 8.25. The molecular formula is C12H20O2. The number of esters is 1. The minimum absolute atomic E-state index is 0.0511. The zero-order valence-corrected chi connectivity index (χ0v) is 9.43. The van der Waals surface area contributed by atoms with E-state index in [2.05, 4.69) is 20.4 Å². The monoisotopic (exact) mass is 196 g/mol. The van der Waals surface area contributed by atoms with Crippen molar-refractivity contribution in [1.82, 2.24) is 0 Å². The fourth-order valence-electron chi connectivity index (χ4n) is 2.50. The Morgan fingerprint density at radius 3 is 2.64 bits per heavy atom. The number of allylic oxidation sites excluding steroid dienone is 1. The van der Waals surface area contributed by atoms with E-state index in [4.69, 9.17) is 4.74 Å². The fourth-order valence-corrected chi connectivity index (χ4v) is 2.50. The summed E-state index contributed by atoms with van der Waals surface area (Å²) in [4.78, 5) is 11.8. The molecule has 0 saturated heterocycles. The Kier molecular flexibility index (Phi) is 3.35. The molecule has 1 fully saturated rings. The molecule has 2 heteroatoms. The molecule has 0 aliphatic heterocycles. The van der Waals surface area contributed by atoms with Gasteiger partial charge in [-0.2, -0.15) is 0 Å². The van der Waals surface area contributed by atoms with E-state index in [0.29, 0.717) is 5.92 Å². The molecule has 1 saturated carbocycles. The Labute approximate surface area is 86.3 Å². The van der Waals surface area contributed by atoms with Gasteiger partial charge in [-0.1, -0.05) is 26.0 Å². The summed E-state index contributed by atoms with van der Waals surface area (Å²) in [6, 6.07) is 0. The second-order valence-electron chi connectivity index (χ2n) is 4.80. The highest BCUT2D eigenvalue weighted by molar-refractivity contribution is 5.77. The van der Waals surface area contributed by atoms with Crippen LogP contribution in [0.2, 0.25) is 0 Å². The smallest absolute Gasteiger partial charge is 0.312 e. The van der Waals surface area contributed by atoms with Crippen LogP contribution in [0.5, 0.6) is 0 Å². The van der Waals surface area contributed by atoms with Gasteiger partial charge in [0.15, 0.2) is 0 Å². The molecular weight excluding hydrogens is 176 g/mol. The summed E-state index contributed by atoms with van der Waals surface area (Å²) in [5.74, 6) is 0.477. The van der Waals surface area contributed by atoms with Crippen molar-refractivity contribution in [3.8, 4) is 0 Å². The summed E-state index contributed by atoms with van der Waals surface area (Å²) in [5, 5.41) is 0. The average molecular weight is 196 g/mol. The first-order valence-corrected chi connectivity index (χ1v) is 5.25. The quantitative estimate of drug-likeness (QED) is 0.512. The standard InChI is InChI=1S/C12H20O2/c1-9(2)7-12(11(13)14-4)6-5-10(3)8-12/h9H,3,5-8H2,1-2,4H3. The maximum atomic E-state index is 11.8. The van der Waals surface area contributed by atoms with Crippen molar-refractivity contribution < 1.29 is 9.53 Å². The van der Waals surface area contributed by atoms with Gasteiger partial charge in [0.05, 0.1) is 12.5 Å². The maximum absolute atomic E-state index is 11.8. The Morgan fingerprint density at radius 2 is 2.29 bits per heavy atom. The van der Waals surface area contributed by atoms with Crippen LogP contribution < -0.4 is 0 Å². The lowest BCUT2D eigenvalue weighted by atomic mass is 9.78. The zero-order chi connectivity index (χ0) is 10.8. The van der Waals surface area contributed by atoms with E-state index in [-0.39, 0.29) is 11.4 Å². The Balaban J connectivity index is 2.80. The van der Waals surface area contributed by atoms with Gasteiger partial charge >= 0.3 is 5.97 Å². The SMILES string of the molecule is C=C1CCC(CC(C)C)(C(=O)OC)C1. The van der Waals surface area contributed by atoms with Gasteiger partial charge in [-0.25, -0.2) is 0 Å². The normalized spacial score (nSPS) is 27.0. The molecule has 1 unspecified atom stereocenters. The van der Waals surface area contributed by atoms with E-state index in [0.717, 1.165) is 25.7 Å². The highest BCUT2D eigenvalue weighted by atomic mass is 16.5. The third-order valence-corrected chi connectivity index (χ3v) is 2.96. The van der Waals surface area contributed by atoms with Crippen molar-refractivity contribution in [1.29, 1.82) is 0 Å². The molecule has 1 aliphatic carbocycles. The molecule has 0 amide bonds. The molecule has 80 valence electrons. The predicted octanol–water partition coefficient (Wildman–Crippen LogP) is 2.93. The van der Waals surface area contributed by atoms with Crippen molar-refractivity contribution >= 4 is 5.97 Å². The second-order valence-corrected chi connectivity index (χ2v) is 4.80. The molecule has 1 atom stereocenters. The number of carbonyl (C=O) groups excluding carboxylic acids is 1. The number of ether oxygens (including phenoxy) is 1. The van der Waals surface area contributed by atoms with Gasteiger partial charge in [0.2, 0.25) is 0 Å². The van der Waals surface area contributed by atoms with Crippen LogP contribution in [0.1, 0.15) is 39.5 Å². The number of hydrogen-bond acceptors (Lipinski definition) is 2. The average Bonchev–Trinajstić information content (AvgIpc) is 2.46. The summed E-state index contributed by atoms with van der Waals surface area (Å²) in [5.41, 5.74) is 0.927. The third kappa shape index (κ3) is 2.17.